The summed E-state index contributed by atoms with van der Waals surface area (Å²) in [6.45, 7) is 2.15. The van der Waals surface area contributed by atoms with Crippen molar-refractivity contribution in [1.82, 2.24) is 9.62 Å². The molecule has 2 aliphatic rings. The number of benzene rings is 1. The van der Waals surface area contributed by atoms with E-state index < -0.39 is 16.1 Å². The lowest BCUT2D eigenvalue weighted by Gasteiger charge is -2.27. The third kappa shape index (κ3) is 4.69. The first-order valence-electron chi connectivity index (χ1n) is 10.4. The van der Waals surface area contributed by atoms with E-state index in [2.05, 4.69) is 5.32 Å². The van der Waals surface area contributed by atoms with E-state index in [0.717, 1.165) is 25.7 Å². The van der Waals surface area contributed by atoms with E-state index in [1.165, 1.54) is 30.7 Å². The summed E-state index contributed by atoms with van der Waals surface area (Å²) in [5, 5.41) is 3.15. The van der Waals surface area contributed by atoms with Gasteiger partial charge in [-0.05, 0) is 44.2 Å². The van der Waals surface area contributed by atoms with E-state index in [1.807, 2.05) is 0 Å². The van der Waals surface area contributed by atoms with E-state index in [4.69, 9.17) is 4.74 Å². The van der Waals surface area contributed by atoms with Gasteiger partial charge in [0.25, 0.3) is 0 Å². The van der Waals surface area contributed by atoms with Crippen LogP contribution in [0.4, 0.5) is 0 Å². The van der Waals surface area contributed by atoms with Crippen molar-refractivity contribution in [1.29, 1.82) is 0 Å². The van der Waals surface area contributed by atoms with Crippen molar-refractivity contribution < 1.29 is 17.9 Å². The van der Waals surface area contributed by atoms with Crippen LogP contribution in [-0.2, 0) is 14.8 Å². The Bertz CT molecular complexity index is 786. The number of carbonyl (C=O) groups is 1. The number of hydrogen-bond acceptors (Lipinski definition) is 4. The maximum absolute atomic E-state index is 13.3. The van der Waals surface area contributed by atoms with Gasteiger partial charge < -0.3 is 10.1 Å². The fourth-order valence-electron chi connectivity index (χ4n) is 4.30. The third-order valence-corrected chi connectivity index (χ3v) is 7.99. The van der Waals surface area contributed by atoms with Gasteiger partial charge in [-0.3, -0.25) is 4.79 Å². The molecule has 1 amide bonds. The Balaban J connectivity index is 1.77. The number of nitrogens with zero attached hydrogens (tertiary/aromatic N) is 1. The molecule has 1 N–H and O–H groups in total. The molecule has 2 fully saturated rings. The van der Waals surface area contributed by atoms with Crippen LogP contribution < -0.4 is 10.1 Å². The zero-order valence-corrected chi connectivity index (χ0v) is 17.8. The molecule has 0 spiro atoms. The van der Waals surface area contributed by atoms with E-state index >= 15 is 0 Å². The van der Waals surface area contributed by atoms with E-state index in [1.54, 1.807) is 25.1 Å². The summed E-state index contributed by atoms with van der Waals surface area (Å²) < 4.78 is 33.2. The lowest BCUT2D eigenvalue weighted by Crippen LogP contribution is -2.49. The number of hydrogen-bond donors (Lipinski definition) is 1. The molecule has 1 atom stereocenters. The minimum Gasteiger partial charge on any atom is -0.497 e. The number of rotatable bonds is 5. The standard InChI is InChI=1S/C21H32N2O4S/c1-16-12-13-18(27-2)15-20(16)28(25,26)23-14-8-11-19(23)21(24)22-17-9-6-4-3-5-7-10-17/h12-13,15,17,19H,3-11,14H2,1-2H3,(H,22,24)/t19-/m0/s1. The Morgan fingerprint density at radius 1 is 1.07 bits per heavy atom. The highest BCUT2D eigenvalue weighted by molar-refractivity contribution is 7.89. The second-order valence-corrected chi connectivity index (χ2v) is 9.81. The highest BCUT2D eigenvalue weighted by Crippen LogP contribution is 2.30. The molecule has 1 heterocycles. The Morgan fingerprint density at radius 2 is 1.75 bits per heavy atom. The molecule has 0 bridgehead atoms. The first-order valence-corrected chi connectivity index (χ1v) is 11.8. The monoisotopic (exact) mass is 408 g/mol. The van der Waals surface area contributed by atoms with Crippen molar-refractivity contribution in [2.75, 3.05) is 13.7 Å². The molecule has 1 aromatic rings. The van der Waals surface area contributed by atoms with Gasteiger partial charge in [-0.25, -0.2) is 8.42 Å². The molecule has 0 unspecified atom stereocenters. The topological polar surface area (TPSA) is 75.7 Å². The smallest absolute Gasteiger partial charge is 0.244 e. The lowest BCUT2D eigenvalue weighted by molar-refractivity contribution is -0.125. The van der Waals surface area contributed by atoms with Gasteiger partial charge in [0.05, 0.1) is 12.0 Å². The minimum absolute atomic E-state index is 0.146. The Hall–Kier alpha value is -1.60. The van der Waals surface area contributed by atoms with Gasteiger partial charge in [0, 0.05) is 18.7 Å². The van der Waals surface area contributed by atoms with Crippen LogP contribution in [0.2, 0.25) is 0 Å². The van der Waals surface area contributed by atoms with Crippen molar-refractivity contribution in [2.45, 2.75) is 81.7 Å². The predicted octanol–water partition coefficient (Wildman–Crippen LogP) is 3.39. The number of methoxy groups -OCH3 is 1. The number of amides is 1. The van der Waals surface area contributed by atoms with Crippen LogP contribution >= 0.6 is 0 Å². The molecule has 28 heavy (non-hydrogen) atoms. The molecular weight excluding hydrogens is 376 g/mol. The summed E-state index contributed by atoms with van der Waals surface area (Å²) in [7, 11) is -2.24. The van der Waals surface area contributed by atoms with Gasteiger partial charge in [-0.15, -0.1) is 0 Å². The summed E-state index contributed by atoms with van der Waals surface area (Å²) >= 11 is 0. The van der Waals surface area contributed by atoms with Gasteiger partial charge >= 0.3 is 0 Å². The van der Waals surface area contributed by atoms with Gasteiger partial charge in [-0.1, -0.05) is 38.2 Å². The Morgan fingerprint density at radius 3 is 2.43 bits per heavy atom. The van der Waals surface area contributed by atoms with Crippen LogP contribution in [-0.4, -0.2) is 44.4 Å². The molecule has 7 heteroatoms. The molecule has 1 saturated heterocycles. The van der Waals surface area contributed by atoms with Crippen molar-refractivity contribution in [3.63, 3.8) is 0 Å². The van der Waals surface area contributed by atoms with Crippen molar-refractivity contribution in [2.24, 2.45) is 0 Å². The van der Waals surface area contributed by atoms with Gasteiger partial charge in [0.1, 0.15) is 11.8 Å². The molecule has 0 aromatic heterocycles. The Kier molecular flexibility index (Phi) is 6.99. The average Bonchev–Trinajstić information content (AvgIpc) is 3.15. The van der Waals surface area contributed by atoms with Crippen LogP contribution in [0.5, 0.6) is 5.75 Å². The van der Waals surface area contributed by atoms with Crippen molar-refractivity contribution in [3.8, 4) is 5.75 Å². The Labute approximate surface area is 168 Å². The van der Waals surface area contributed by atoms with Crippen molar-refractivity contribution >= 4 is 15.9 Å². The second-order valence-electron chi connectivity index (χ2n) is 7.96. The summed E-state index contributed by atoms with van der Waals surface area (Å²) in [4.78, 5) is 13.2. The maximum Gasteiger partial charge on any atom is 0.244 e. The molecule has 0 radical (unpaired) electrons. The van der Waals surface area contributed by atoms with E-state index in [-0.39, 0.29) is 16.8 Å². The van der Waals surface area contributed by atoms with Crippen LogP contribution in [0.1, 0.15) is 63.4 Å². The maximum atomic E-state index is 13.3. The number of aryl methyl sites for hydroxylation is 1. The summed E-state index contributed by atoms with van der Waals surface area (Å²) in [6.07, 6.45) is 9.19. The van der Waals surface area contributed by atoms with Crippen LogP contribution in [0.15, 0.2) is 23.1 Å². The SMILES string of the molecule is COc1ccc(C)c(S(=O)(=O)N2CCC[C@H]2C(=O)NC2CCCCCCC2)c1. The average molecular weight is 409 g/mol. The molecule has 156 valence electrons. The molecule has 3 rings (SSSR count). The molecule has 1 saturated carbocycles. The summed E-state index contributed by atoms with van der Waals surface area (Å²) in [5.74, 6) is 0.353. The third-order valence-electron chi connectivity index (χ3n) is 5.94. The number of ether oxygens (including phenoxy) is 1. The van der Waals surface area contributed by atoms with Gasteiger partial charge in [0.2, 0.25) is 15.9 Å². The number of carbonyl (C=O) groups excluding carboxylic acids is 1. The summed E-state index contributed by atoms with van der Waals surface area (Å²) in [6, 6.07) is 4.58. The zero-order valence-electron chi connectivity index (χ0n) is 16.9. The zero-order chi connectivity index (χ0) is 20.1. The minimum atomic E-state index is -3.76. The highest BCUT2D eigenvalue weighted by atomic mass is 32.2. The normalized spacial score (nSPS) is 22.4. The quantitative estimate of drug-likeness (QED) is 0.810. The van der Waals surface area contributed by atoms with E-state index in [9.17, 15) is 13.2 Å². The molecule has 1 aromatic carbocycles. The molecule has 6 nitrogen and oxygen atoms in total. The number of nitrogens with one attached hydrogen (secondary N) is 1. The van der Waals surface area contributed by atoms with E-state index in [0.29, 0.717) is 30.7 Å². The predicted molar refractivity (Wildman–Crippen MR) is 109 cm³/mol. The lowest BCUT2D eigenvalue weighted by atomic mass is 9.96. The highest BCUT2D eigenvalue weighted by Gasteiger charge is 2.40. The first-order chi connectivity index (χ1) is 13.4. The van der Waals surface area contributed by atoms with Crippen LogP contribution in [0, 0.1) is 6.92 Å². The fourth-order valence-corrected chi connectivity index (χ4v) is 6.20. The second kappa shape index (κ2) is 9.27. The van der Waals surface area contributed by atoms with Crippen LogP contribution in [0.3, 0.4) is 0 Å². The molecule has 1 aliphatic heterocycles. The first kappa shape index (κ1) is 21.1. The molecule has 1 aliphatic carbocycles. The fraction of sp³-hybridized carbons (Fsp3) is 0.667. The number of sulfonamides is 1. The molecular formula is C21H32N2O4S. The largest absolute Gasteiger partial charge is 0.497 e. The van der Waals surface area contributed by atoms with Gasteiger partial charge in [-0.2, -0.15) is 4.31 Å². The van der Waals surface area contributed by atoms with Crippen molar-refractivity contribution in [3.05, 3.63) is 23.8 Å². The van der Waals surface area contributed by atoms with Gasteiger partial charge in [0.15, 0.2) is 0 Å². The summed E-state index contributed by atoms with van der Waals surface area (Å²) in [5.41, 5.74) is 0.659. The van der Waals surface area contributed by atoms with Crippen LogP contribution in [0.25, 0.3) is 0 Å².